The van der Waals surface area contributed by atoms with Gasteiger partial charge < -0.3 is 9.47 Å². The molecule has 1 atom stereocenters. The van der Waals surface area contributed by atoms with E-state index in [0.717, 1.165) is 35.4 Å². The van der Waals surface area contributed by atoms with E-state index in [1.807, 2.05) is 47.3 Å². The molecule has 30 heavy (non-hydrogen) atoms. The van der Waals surface area contributed by atoms with Crippen LogP contribution in [-0.4, -0.2) is 27.8 Å². The van der Waals surface area contributed by atoms with E-state index in [9.17, 15) is 4.79 Å². The fourth-order valence-electron chi connectivity index (χ4n) is 4.03. The van der Waals surface area contributed by atoms with E-state index in [1.165, 1.54) is 12.7 Å². The molecule has 0 N–H and O–H groups in total. The van der Waals surface area contributed by atoms with Gasteiger partial charge >= 0.3 is 5.97 Å². The molecule has 6 nitrogen and oxygen atoms in total. The SMILES string of the molecule is COC(=O)C1CCc2c(-c3cncc(OCc4ccccc4)c3)nn(C(C)C)c2C1. The maximum absolute atomic E-state index is 12.1. The van der Waals surface area contributed by atoms with Gasteiger partial charge in [-0.15, -0.1) is 0 Å². The lowest BCUT2D eigenvalue weighted by atomic mass is 9.86. The first-order valence-corrected chi connectivity index (χ1v) is 10.4. The first-order chi connectivity index (χ1) is 14.6. The Morgan fingerprint density at radius 1 is 1.23 bits per heavy atom. The topological polar surface area (TPSA) is 66.2 Å². The monoisotopic (exact) mass is 405 g/mol. The lowest BCUT2D eigenvalue weighted by Crippen LogP contribution is -2.25. The molecule has 4 rings (SSSR count). The van der Waals surface area contributed by atoms with E-state index in [0.29, 0.717) is 18.8 Å². The third-order valence-electron chi connectivity index (χ3n) is 5.56. The first-order valence-electron chi connectivity index (χ1n) is 10.4. The maximum atomic E-state index is 12.1. The number of fused-ring (bicyclic) bond motifs is 1. The van der Waals surface area contributed by atoms with Crippen LogP contribution in [0.3, 0.4) is 0 Å². The van der Waals surface area contributed by atoms with Gasteiger partial charge in [-0.05, 0) is 38.3 Å². The molecule has 2 heterocycles. The minimum atomic E-state index is -0.142. The van der Waals surface area contributed by atoms with Gasteiger partial charge in [0.1, 0.15) is 12.4 Å². The minimum absolute atomic E-state index is 0.108. The minimum Gasteiger partial charge on any atom is -0.487 e. The highest BCUT2D eigenvalue weighted by molar-refractivity contribution is 5.74. The van der Waals surface area contributed by atoms with Crippen molar-refractivity contribution in [2.75, 3.05) is 7.11 Å². The number of hydrogen-bond acceptors (Lipinski definition) is 5. The van der Waals surface area contributed by atoms with Crippen LogP contribution in [0.2, 0.25) is 0 Å². The number of benzene rings is 1. The Morgan fingerprint density at radius 3 is 2.77 bits per heavy atom. The zero-order chi connectivity index (χ0) is 21.1. The predicted molar refractivity (Wildman–Crippen MR) is 114 cm³/mol. The van der Waals surface area contributed by atoms with E-state index in [-0.39, 0.29) is 17.9 Å². The second kappa shape index (κ2) is 8.69. The van der Waals surface area contributed by atoms with Crippen molar-refractivity contribution in [2.45, 2.75) is 45.8 Å². The molecule has 1 aliphatic carbocycles. The Hall–Kier alpha value is -3.15. The van der Waals surface area contributed by atoms with Gasteiger partial charge in [-0.1, -0.05) is 30.3 Å². The molecule has 0 amide bonds. The van der Waals surface area contributed by atoms with Crippen molar-refractivity contribution in [3.63, 3.8) is 0 Å². The molecule has 0 bridgehead atoms. The molecule has 0 spiro atoms. The number of pyridine rings is 1. The Labute approximate surface area is 176 Å². The Kier molecular flexibility index (Phi) is 5.84. The molecule has 0 saturated carbocycles. The highest BCUT2D eigenvalue weighted by atomic mass is 16.5. The second-order valence-electron chi connectivity index (χ2n) is 7.96. The molecule has 3 aromatic rings. The molecular weight excluding hydrogens is 378 g/mol. The van der Waals surface area contributed by atoms with Crippen molar-refractivity contribution in [1.82, 2.24) is 14.8 Å². The quantitative estimate of drug-likeness (QED) is 0.569. The van der Waals surface area contributed by atoms with E-state index in [1.54, 1.807) is 6.20 Å². The summed E-state index contributed by atoms with van der Waals surface area (Å²) in [7, 11) is 1.45. The Morgan fingerprint density at radius 2 is 2.03 bits per heavy atom. The number of carbonyl (C=O) groups is 1. The zero-order valence-corrected chi connectivity index (χ0v) is 17.7. The van der Waals surface area contributed by atoms with Gasteiger partial charge in [-0.25, -0.2) is 0 Å². The molecule has 0 saturated heterocycles. The molecule has 0 aliphatic heterocycles. The number of ether oxygens (including phenoxy) is 2. The van der Waals surface area contributed by atoms with Crippen molar-refractivity contribution in [1.29, 1.82) is 0 Å². The molecule has 0 fully saturated rings. The van der Waals surface area contributed by atoms with E-state index < -0.39 is 0 Å². The van der Waals surface area contributed by atoms with Crippen LogP contribution in [0.1, 0.15) is 43.1 Å². The van der Waals surface area contributed by atoms with Crippen LogP contribution >= 0.6 is 0 Å². The van der Waals surface area contributed by atoms with Gasteiger partial charge in [-0.3, -0.25) is 14.5 Å². The summed E-state index contributed by atoms with van der Waals surface area (Å²) in [6.07, 6.45) is 5.78. The van der Waals surface area contributed by atoms with E-state index in [4.69, 9.17) is 14.6 Å². The fraction of sp³-hybridized carbons (Fsp3) is 0.375. The van der Waals surface area contributed by atoms with Crippen molar-refractivity contribution in [2.24, 2.45) is 5.92 Å². The fourth-order valence-corrected chi connectivity index (χ4v) is 4.03. The molecule has 1 aromatic carbocycles. The molecule has 1 unspecified atom stereocenters. The standard InChI is InChI=1S/C24H27N3O3/c1-16(2)27-22-12-18(24(28)29-3)9-10-21(22)23(26-27)19-11-20(14-25-13-19)30-15-17-7-5-4-6-8-17/h4-8,11,13-14,16,18H,9-10,12,15H2,1-3H3. The Bertz CT molecular complexity index is 1030. The summed E-state index contributed by atoms with van der Waals surface area (Å²) in [5, 5.41) is 4.91. The van der Waals surface area contributed by atoms with Gasteiger partial charge in [0.2, 0.25) is 0 Å². The van der Waals surface area contributed by atoms with Gasteiger partial charge in [0.15, 0.2) is 0 Å². The molecule has 6 heteroatoms. The van der Waals surface area contributed by atoms with Crippen LogP contribution in [0.25, 0.3) is 11.3 Å². The summed E-state index contributed by atoms with van der Waals surface area (Å²) < 4.78 is 13.0. The summed E-state index contributed by atoms with van der Waals surface area (Å²) in [6, 6.07) is 12.3. The molecule has 2 aromatic heterocycles. The van der Waals surface area contributed by atoms with E-state index >= 15 is 0 Å². The van der Waals surface area contributed by atoms with Gasteiger partial charge in [0.05, 0.1) is 24.9 Å². The lowest BCUT2D eigenvalue weighted by molar-refractivity contribution is -0.145. The number of carbonyl (C=O) groups excluding carboxylic acids is 1. The van der Waals surface area contributed by atoms with Crippen molar-refractivity contribution < 1.29 is 14.3 Å². The summed E-state index contributed by atoms with van der Waals surface area (Å²) in [4.78, 5) is 16.5. The number of rotatable bonds is 6. The highest BCUT2D eigenvalue weighted by Crippen LogP contribution is 2.35. The van der Waals surface area contributed by atoms with Crippen LogP contribution in [-0.2, 0) is 29.0 Å². The van der Waals surface area contributed by atoms with Crippen molar-refractivity contribution in [3.8, 4) is 17.0 Å². The van der Waals surface area contributed by atoms with Gasteiger partial charge in [0.25, 0.3) is 0 Å². The summed E-state index contributed by atoms with van der Waals surface area (Å²) >= 11 is 0. The first kappa shape index (κ1) is 20.1. The normalized spacial score (nSPS) is 15.7. The molecule has 156 valence electrons. The largest absolute Gasteiger partial charge is 0.487 e. The third-order valence-corrected chi connectivity index (χ3v) is 5.56. The van der Waals surface area contributed by atoms with Crippen molar-refractivity contribution >= 4 is 5.97 Å². The maximum Gasteiger partial charge on any atom is 0.309 e. The molecule has 1 aliphatic rings. The van der Waals surface area contributed by atoms with Crippen LogP contribution < -0.4 is 4.74 Å². The summed E-state index contributed by atoms with van der Waals surface area (Å²) in [5.74, 6) is 0.465. The number of esters is 1. The summed E-state index contributed by atoms with van der Waals surface area (Å²) in [5.41, 5.74) is 5.30. The van der Waals surface area contributed by atoms with Crippen LogP contribution in [0, 0.1) is 5.92 Å². The number of aromatic nitrogens is 3. The van der Waals surface area contributed by atoms with Gasteiger partial charge in [-0.2, -0.15) is 5.10 Å². The summed E-state index contributed by atoms with van der Waals surface area (Å²) in [6.45, 7) is 4.71. The van der Waals surface area contributed by atoms with Crippen molar-refractivity contribution in [3.05, 3.63) is 65.6 Å². The van der Waals surface area contributed by atoms with Crippen LogP contribution in [0.4, 0.5) is 0 Å². The number of hydrogen-bond donors (Lipinski definition) is 0. The predicted octanol–water partition coefficient (Wildman–Crippen LogP) is 4.38. The van der Waals surface area contributed by atoms with Crippen LogP contribution in [0.15, 0.2) is 48.8 Å². The van der Waals surface area contributed by atoms with E-state index in [2.05, 4.69) is 18.8 Å². The lowest BCUT2D eigenvalue weighted by Gasteiger charge is -2.22. The smallest absolute Gasteiger partial charge is 0.309 e. The third kappa shape index (κ3) is 4.08. The van der Waals surface area contributed by atoms with Gasteiger partial charge in [0, 0.05) is 35.5 Å². The Balaban J connectivity index is 1.62. The average molecular weight is 405 g/mol. The highest BCUT2D eigenvalue weighted by Gasteiger charge is 2.31. The number of nitrogens with zero attached hydrogens (tertiary/aromatic N) is 3. The second-order valence-corrected chi connectivity index (χ2v) is 7.96. The average Bonchev–Trinajstić information content (AvgIpc) is 3.17. The zero-order valence-electron chi connectivity index (χ0n) is 17.7. The molecular formula is C24H27N3O3. The van der Waals surface area contributed by atoms with Crippen LogP contribution in [0.5, 0.6) is 5.75 Å². The number of methoxy groups -OCH3 is 1. The molecule has 0 radical (unpaired) electrons.